The summed E-state index contributed by atoms with van der Waals surface area (Å²) in [4.78, 5) is 14.2. The van der Waals surface area contributed by atoms with Gasteiger partial charge in [0.2, 0.25) is 5.91 Å². The van der Waals surface area contributed by atoms with Gasteiger partial charge in [-0.3, -0.25) is 4.79 Å². The van der Waals surface area contributed by atoms with Crippen LogP contribution < -0.4 is 0 Å². The summed E-state index contributed by atoms with van der Waals surface area (Å²) >= 11 is 0. The number of amides is 1. The second-order valence-corrected chi connectivity index (χ2v) is 6.44. The van der Waals surface area contributed by atoms with E-state index < -0.39 is 0 Å². The van der Waals surface area contributed by atoms with Crippen LogP contribution in [0.1, 0.15) is 42.8 Å². The van der Waals surface area contributed by atoms with E-state index in [0.29, 0.717) is 19.5 Å². The number of nitrogens with zero attached hydrogens (tertiary/aromatic N) is 1. The fourth-order valence-electron chi connectivity index (χ4n) is 3.18. The standard InChI is InChI=1S/C22H25NO3/c1-2-22(24)23(17-20-10-6-14-25-20)13-12-19(21-11-7-15-26-21)16-18-8-4-3-5-9-18/h3-11,14-15,19H,2,12-13,16-17H2,1H3/t19-/m1/s1. The van der Waals surface area contributed by atoms with Crippen LogP contribution in [0.2, 0.25) is 0 Å². The van der Waals surface area contributed by atoms with Gasteiger partial charge in [0.05, 0.1) is 19.1 Å². The maximum atomic E-state index is 12.4. The largest absolute Gasteiger partial charge is 0.469 e. The Labute approximate surface area is 154 Å². The van der Waals surface area contributed by atoms with Crippen LogP contribution in [0, 0.1) is 0 Å². The Balaban J connectivity index is 1.69. The van der Waals surface area contributed by atoms with E-state index in [-0.39, 0.29) is 11.8 Å². The Morgan fingerprint density at radius 1 is 1.00 bits per heavy atom. The van der Waals surface area contributed by atoms with Crippen molar-refractivity contribution < 1.29 is 13.6 Å². The third-order valence-corrected chi connectivity index (χ3v) is 4.60. The lowest BCUT2D eigenvalue weighted by atomic mass is 9.93. The van der Waals surface area contributed by atoms with Crippen LogP contribution in [-0.2, 0) is 17.8 Å². The van der Waals surface area contributed by atoms with Crippen molar-refractivity contribution in [2.24, 2.45) is 0 Å². The molecule has 1 atom stereocenters. The maximum absolute atomic E-state index is 12.4. The molecule has 2 heterocycles. The highest BCUT2D eigenvalue weighted by atomic mass is 16.3. The second-order valence-electron chi connectivity index (χ2n) is 6.44. The Hall–Kier alpha value is -2.75. The van der Waals surface area contributed by atoms with E-state index in [4.69, 9.17) is 8.83 Å². The van der Waals surface area contributed by atoms with Gasteiger partial charge in [0, 0.05) is 18.9 Å². The van der Waals surface area contributed by atoms with Gasteiger partial charge in [-0.1, -0.05) is 37.3 Å². The third kappa shape index (κ3) is 4.88. The number of rotatable bonds is 9. The molecule has 0 aliphatic rings. The van der Waals surface area contributed by atoms with Crippen molar-refractivity contribution in [3.05, 3.63) is 84.2 Å². The van der Waals surface area contributed by atoms with Gasteiger partial charge in [-0.15, -0.1) is 0 Å². The molecule has 4 nitrogen and oxygen atoms in total. The van der Waals surface area contributed by atoms with Gasteiger partial charge >= 0.3 is 0 Å². The van der Waals surface area contributed by atoms with Crippen LogP contribution in [0.3, 0.4) is 0 Å². The number of benzene rings is 1. The second kappa shape index (κ2) is 9.09. The minimum Gasteiger partial charge on any atom is -0.469 e. The molecule has 26 heavy (non-hydrogen) atoms. The van der Waals surface area contributed by atoms with Crippen molar-refractivity contribution in [2.45, 2.75) is 38.6 Å². The number of furan rings is 2. The lowest BCUT2D eigenvalue weighted by Gasteiger charge is -2.24. The van der Waals surface area contributed by atoms with Crippen LogP contribution in [0.4, 0.5) is 0 Å². The highest BCUT2D eigenvalue weighted by Gasteiger charge is 2.20. The average molecular weight is 351 g/mol. The molecular formula is C22H25NO3. The fraction of sp³-hybridized carbons (Fsp3) is 0.318. The molecule has 0 N–H and O–H groups in total. The first-order chi connectivity index (χ1) is 12.8. The molecule has 0 spiro atoms. The van der Waals surface area contributed by atoms with Gasteiger partial charge in [-0.05, 0) is 42.7 Å². The molecule has 3 rings (SSSR count). The number of carbonyl (C=O) groups excluding carboxylic acids is 1. The highest BCUT2D eigenvalue weighted by Crippen LogP contribution is 2.26. The first-order valence-corrected chi connectivity index (χ1v) is 9.13. The number of hydrogen-bond acceptors (Lipinski definition) is 3. The summed E-state index contributed by atoms with van der Waals surface area (Å²) in [5, 5.41) is 0. The topological polar surface area (TPSA) is 46.6 Å². The maximum Gasteiger partial charge on any atom is 0.222 e. The molecule has 0 aliphatic carbocycles. The smallest absolute Gasteiger partial charge is 0.222 e. The normalized spacial score (nSPS) is 12.0. The molecule has 136 valence electrons. The minimum atomic E-state index is 0.138. The first-order valence-electron chi connectivity index (χ1n) is 9.13. The van der Waals surface area contributed by atoms with Crippen molar-refractivity contribution >= 4 is 5.91 Å². The van der Waals surface area contributed by atoms with E-state index >= 15 is 0 Å². The Kier molecular flexibility index (Phi) is 6.31. The van der Waals surface area contributed by atoms with E-state index in [0.717, 1.165) is 24.4 Å². The lowest BCUT2D eigenvalue weighted by molar-refractivity contribution is -0.131. The van der Waals surface area contributed by atoms with Crippen molar-refractivity contribution in [1.82, 2.24) is 4.90 Å². The van der Waals surface area contributed by atoms with Crippen molar-refractivity contribution in [1.29, 1.82) is 0 Å². The monoisotopic (exact) mass is 351 g/mol. The minimum absolute atomic E-state index is 0.138. The SMILES string of the molecule is CCC(=O)N(CC[C@H](Cc1ccccc1)c1ccco1)Cc1ccco1. The molecule has 1 amide bonds. The van der Waals surface area contributed by atoms with Gasteiger partial charge < -0.3 is 13.7 Å². The molecule has 4 heteroatoms. The number of hydrogen-bond donors (Lipinski definition) is 0. The van der Waals surface area contributed by atoms with E-state index in [2.05, 4.69) is 24.3 Å². The molecule has 0 saturated carbocycles. The molecular weight excluding hydrogens is 326 g/mol. The Bertz CT molecular complexity index is 763. The summed E-state index contributed by atoms with van der Waals surface area (Å²) in [6, 6.07) is 18.1. The molecule has 1 aromatic carbocycles. The van der Waals surface area contributed by atoms with E-state index in [1.807, 2.05) is 42.2 Å². The first kappa shape index (κ1) is 18.1. The summed E-state index contributed by atoms with van der Waals surface area (Å²) < 4.78 is 11.1. The molecule has 0 bridgehead atoms. The van der Waals surface area contributed by atoms with Crippen molar-refractivity contribution in [3.8, 4) is 0 Å². The fourth-order valence-corrected chi connectivity index (χ4v) is 3.18. The highest BCUT2D eigenvalue weighted by molar-refractivity contribution is 5.75. The third-order valence-electron chi connectivity index (χ3n) is 4.60. The Morgan fingerprint density at radius 2 is 1.77 bits per heavy atom. The zero-order valence-electron chi connectivity index (χ0n) is 15.1. The quantitative estimate of drug-likeness (QED) is 0.543. The summed E-state index contributed by atoms with van der Waals surface area (Å²) in [6.45, 7) is 3.08. The van der Waals surface area contributed by atoms with Gasteiger partial charge in [0.25, 0.3) is 0 Å². The molecule has 3 aromatic rings. The molecule has 0 radical (unpaired) electrons. The lowest BCUT2D eigenvalue weighted by Crippen LogP contribution is -2.31. The number of carbonyl (C=O) groups is 1. The predicted molar refractivity (Wildman–Crippen MR) is 101 cm³/mol. The zero-order valence-corrected chi connectivity index (χ0v) is 15.1. The van der Waals surface area contributed by atoms with Gasteiger partial charge in [0.1, 0.15) is 11.5 Å². The van der Waals surface area contributed by atoms with Crippen LogP contribution >= 0.6 is 0 Å². The molecule has 0 aliphatic heterocycles. The summed E-state index contributed by atoms with van der Waals surface area (Å²) in [7, 11) is 0. The molecule has 2 aromatic heterocycles. The summed E-state index contributed by atoms with van der Waals surface area (Å²) in [5.41, 5.74) is 1.27. The molecule has 0 fully saturated rings. The van der Waals surface area contributed by atoms with Gasteiger partial charge in [-0.25, -0.2) is 0 Å². The van der Waals surface area contributed by atoms with E-state index in [1.54, 1.807) is 12.5 Å². The zero-order chi connectivity index (χ0) is 18.2. The summed E-state index contributed by atoms with van der Waals surface area (Å²) in [5.74, 6) is 2.15. The van der Waals surface area contributed by atoms with Gasteiger partial charge in [0.15, 0.2) is 0 Å². The van der Waals surface area contributed by atoms with Crippen molar-refractivity contribution in [3.63, 3.8) is 0 Å². The predicted octanol–water partition coefficient (Wildman–Crippen LogP) is 5.03. The van der Waals surface area contributed by atoms with Crippen LogP contribution in [0.15, 0.2) is 76.0 Å². The van der Waals surface area contributed by atoms with E-state index in [9.17, 15) is 4.79 Å². The van der Waals surface area contributed by atoms with Crippen LogP contribution in [0.5, 0.6) is 0 Å². The van der Waals surface area contributed by atoms with Crippen molar-refractivity contribution in [2.75, 3.05) is 6.54 Å². The van der Waals surface area contributed by atoms with Crippen LogP contribution in [0.25, 0.3) is 0 Å². The average Bonchev–Trinajstić information content (AvgIpc) is 3.38. The Morgan fingerprint density at radius 3 is 2.42 bits per heavy atom. The molecule has 0 saturated heterocycles. The van der Waals surface area contributed by atoms with Crippen LogP contribution in [-0.4, -0.2) is 17.4 Å². The van der Waals surface area contributed by atoms with Gasteiger partial charge in [-0.2, -0.15) is 0 Å². The summed E-state index contributed by atoms with van der Waals surface area (Å²) in [6.07, 6.45) is 5.58. The molecule has 0 unspecified atom stereocenters. The van der Waals surface area contributed by atoms with E-state index in [1.165, 1.54) is 5.56 Å².